The summed E-state index contributed by atoms with van der Waals surface area (Å²) >= 11 is 0. The molecule has 1 aromatic carbocycles. The first-order valence-electron chi connectivity index (χ1n) is 8.09. The van der Waals surface area contributed by atoms with Gasteiger partial charge in [-0.05, 0) is 38.8 Å². The Morgan fingerprint density at radius 1 is 1.43 bits per heavy atom. The van der Waals surface area contributed by atoms with Crippen LogP contribution in [0.15, 0.2) is 18.2 Å². The number of likely N-dealkylation sites (tertiary alicyclic amines) is 1. The van der Waals surface area contributed by atoms with Gasteiger partial charge in [-0.2, -0.15) is 0 Å². The van der Waals surface area contributed by atoms with Gasteiger partial charge in [0.05, 0.1) is 18.3 Å². The highest BCUT2D eigenvalue weighted by Crippen LogP contribution is 2.19. The minimum Gasteiger partial charge on any atom is -0.507 e. The van der Waals surface area contributed by atoms with Crippen LogP contribution in [-0.4, -0.2) is 54.3 Å². The molecular weight excluding hydrogens is 299 g/mol. The van der Waals surface area contributed by atoms with Crippen LogP contribution in [0.5, 0.6) is 5.75 Å². The molecular formula is C17H25FN2O3. The van der Waals surface area contributed by atoms with Gasteiger partial charge in [0.2, 0.25) is 0 Å². The van der Waals surface area contributed by atoms with Crippen LogP contribution in [0.25, 0.3) is 0 Å². The second kappa shape index (κ2) is 8.26. The number of ether oxygens (including phenoxy) is 1. The highest BCUT2D eigenvalue weighted by molar-refractivity contribution is 5.96. The Balaban J connectivity index is 1.76. The van der Waals surface area contributed by atoms with Crippen molar-refractivity contribution in [2.75, 3.05) is 26.2 Å². The van der Waals surface area contributed by atoms with E-state index < -0.39 is 5.82 Å². The predicted octanol–water partition coefficient (Wildman–Crippen LogP) is 2.15. The molecule has 0 atom stereocenters. The molecule has 6 heteroatoms. The van der Waals surface area contributed by atoms with Gasteiger partial charge in [0.1, 0.15) is 11.6 Å². The molecule has 0 spiro atoms. The average molecular weight is 324 g/mol. The van der Waals surface area contributed by atoms with Crippen LogP contribution in [0.1, 0.15) is 37.0 Å². The summed E-state index contributed by atoms with van der Waals surface area (Å²) in [4.78, 5) is 14.5. The Hall–Kier alpha value is -1.66. The molecule has 1 heterocycles. The zero-order chi connectivity index (χ0) is 16.8. The van der Waals surface area contributed by atoms with Crippen molar-refractivity contribution in [2.45, 2.75) is 38.8 Å². The molecule has 5 nitrogen and oxygen atoms in total. The van der Waals surface area contributed by atoms with Gasteiger partial charge in [0, 0.05) is 31.7 Å². The summed E-state index contributed by atoms with van der Waals surface area (Å²) in [5, 5.41) is 12.6. The molecule has 0 bridgehead atoms. The number of amides is 1. The molecule has 128 valence electrons. The number of halogens is 1. The first-order valence-corrected chi connectivity index (χ1v) is 8.09. The van der Waals surface area contributed by atoms with Crippen molar-refractivity contribution < 1.29 is 19.0 Å². The Morgan fingerprint density at radius 2 is 2.13 bits per heavy atom. The van der Waals surface area contributed by atoms with Gasteiger partial charge in [0.15, 0.2) is 0 Å². The monoisotopic (exact) mass is 324 g/mol. The summed E-state index contributed by atoms with van der Waals surface area (Å²) in [6, 6.07) is 3.51. The fourth-order valence-corrected chi connectivity index (χ4v) is 2.68. The molecule has 1 aliphatic heterocycles. The van der Waals surface area contributed by atoms with Gasteiger partial charge in [-0.3, -0.25) is 4.79 Å². The van der Waals surface area contributed by atoms with Crippen molar-refractivity contribution in [1.82, 2.24) is 10.2 Å². The van der Waals surface area contributed by atoms with E-state index in [1.807, 2.05) is 13.8 Å². The third-order valence-electron chi connectivity index (χ3n) is 3.99. The second-order valence-corrected chi connectivity index (χ2v) is 6.17. The number of hydrogen-bond donors (Lipinski definition) is 2. The van der Waals surface area contributed by atoms with Crippen LogP contribution in [0, 0.1) is 5.82 Å². The minimum absolute atomic E-state index is 0.0780. The number of phenolic OH excluding ortho intramolecular Hbond substituents is 1. The lowest BCUT2D eigenvalue weighted by Gasteiger charge is -2.32. The van der Waals surface area contributed by atoms with E-state index in [0.717, 1.165) is 45.1 Å². The van der Waals surface area contributed by atoms with Gasteiger partial charge >= 0.3 is 0 Å². The molecule has 1 aliphatic rings. The van der Waals surface area contributed by atoms with Crippen molar-refractivity contribution in [3.05, 3.63) is 29.6 Å². The van der Waals surface area contributed by atoms with Crippen LogP contribution in [0.2, 0.25) is 0 Å². The second-order valence-electron chi connectivity index (χ2n) is 6.17. The lowest BCUT2D eigenvalue weighted by atomic mass is 10.0. The van der Waals surface area contributed by atoms with Crippen molar-refractivity contribution >= 4 is 5.91 Å². The molecule has 1 amide bonds. The third kappa shape index (κ3) is 5.48. The number of nitrogens with zero attached hydrogens (tertiary/aromatic N) is 1. The van der Waals surface area contributed by atoms with Gasteiger partial charge in [0.25, 0.3) is 5.91 Å². The Morgan fingerprint density at radius 3 is 2.74 bits per heavy atom. The summed E-state index contributed by atoms with van der Waals surface area (Å²) in [6.07, 6.45) is 1.96. The maximum atomic E-state index is 13.0. The van der Waals surface area contributed by atoms with Crippen LogP contribution < -0.4 is 5.32 Å². The van der Waals surface area contributed by atoms with E-state index in [-0.39, 0.29) is 29.4 Å². The van der Waals surface area contributed by atoms with Crippen molar-refractivity contribution in [1.29, 1.82) is 0 Å². The van der Waals surface area contributed by atoms with E-state index in [1.165, 1.54) is 12.1 Å². The largest absolute Gasteiger partial charge is 0.507 e. The highest BCUT2D eigenvalue weighted by Gasteiger charge is 2.22. The smallest absolute Gasteiger partial charge is 0.255 e. The van der Waals surface area contributed by atoms with Crippen LogP contribution >= 0.6 is 0 Å². The van der Waals surface area contributed by atoms with E-state index in [9.17, 15) is 14.3 Å². The number of carbonyl (C=O) groups is 1. The van der Waals surface area contributed by atoms with Gasteiger partial charge in [-0.1, -0.05) is 0 Å². The molecule has 1 saturated heterocycles. The zero-order valence-corrected chi connectivity index (χ0v) is 13.7. The Labute approximate surface area is 136 Å². The topological polar surface area (TPSA) is 61.8 Å². The number of nitrogens with one attached hydrogen (secondary N) is 1. The third-order valence-corrected chi connectivity index (χ3v) is 3.99. The molecule has 0 aliphatic carbocycles. The van der Waals surface area contributed by atoms with E-state index in [0.29, 0.717) is 0 Å². The molecule has 0 unspecified atom stereocenters. The summed E-state index contributed by atoms with van der Waals surface area (Å²) in [5.74, 6) is -1.24. The molecule has 2 N–H and O–H groups in total. The fourth-order valence-electron chi connectivity index (χ4n) is 2.68. The molecule has 0 radical (unpaired) electrons. The number of phenols is 1. The Kier molecular flexibility index (Phi) is 6.36. The van der Waals surface area contributed by atoms with Gasteiger partial charge in [-0.15, -0.1) is 0 Å². The normalized spacial score (nSPS) is 16.7. The molecule has 0 saturated carbocycles. The number of carbonyl (C=O) groups excluding carboxylic acids is 1. The maximum absolute atomic E-state index is 13.0. The summed E-state index contributed by atoms with van der Waals surface area (Å²) < 4.78 is 18.5. The quantitative estimate of drug-likeness (QED) is 0.842. The van der Waals surface area contributed by atoms with Gasteiger partial charge in [-0.25, -0.2) is 4.39 Å². The van der Waals surface area contributed by atoms with Crippen molar-refractivity contribution in [2.24, 2.45) is 0 Å². The first-order chi connectivity index (χ1) is 11.0. The molecule has 1 aromatic rings. The van der Waals surface area contributed by atoms with Crippen LogP contribution in [0.4, 0.5) is 4.39 Å². The average Bonchev–Trinajstić information content (AvgIpc) is 2.48. The zero-order valence-electron chi connectivity index (χ0n) is 13.7. The van der Waals surface area contributed by atoms with E-state index in [2.05, 4.69) is 10.2 Å². The number of piperidine rings is 1. The predicted molar refractivity (Wildman–Crippen MR) is 86.1 cm³/mol. The van der Waals surface area contributed by atoms with Crippen molar-refractivity contribution in [3.63, 3.8) is 0 Å². The summed E-state index contributed by atoms with van der Waals surface area (Å²) in [6.45, 7) is 7.47. The number of rotatable bonds is 6. The minimum atomic E-state index is -0.559. The van der Waals surface area contributed by atoms with E-state index in [4.69, 9.17) is 4.74 Å². The van der Waals surface area contributed by atoms with Crippen LogP contribution in [0.3, 0.4) is 0 Å². The van der Waals surface area contributed by atoms with E-state index >= 15 is 0 Å². The first kappa shape index (κ1) is 17.7. The highest BCUT2D eigenvalue weighted by atomic mass is 19.1. The Bertz CT molecular complexity index is 529. The molecule has 0 aromatic heterocycles. The molecule has 23 heavy (non-hydrogen) atoms. The van der Waals surface area contributed by atoms with Crippen molar-refractivity contribution in [3.8, 4) is 5.75 Å². The lowest BCUT2D eigenvalue weighted by molar-refractivity contribution is 0.0520. The molecule has 1 fully saturated rings. The summed E-state index contributed by atoms with van der Waals surface area (Å²) in [7, 11) is 0. The number of aromatic hydroxyl groups is 1. The van der Waals surface area contributed by atoms with Gasteiger partial charge < -0.3 is 20.1 Å². The van der Waals surface area contributed by atoms with E-state index in [1.54, 1.807) is 0 Å². The molecule has 2 rings (SSSR count). The fraction of sp³-hybridized carbons (Fsp3) is 0.588. The standard InChI is InChI=1S/C17H25FN2O3/c1-12(2)23-10-9-20-7-5-14(6-8-20)19-17(22)15-4-3-13(18)11-16(15)21/h3-4,11-12,14,21H,5-10H2,1-2H3,(H,19,22). The maximum Gasteiger partial charge on any atom is 0.255 e. The summed E-state index contributed by atoms with van der Waals surface area (Å²) in [5.41, 5.74) is 0.110. The number of benzene rings is 1. The van der Waals surface area contributed by atoms with Crippen LogP contribution in [-0.2, 0) is 4.74 Å². The lowest BCUT2D eigenvalue weighted by Crippen LogP contribution is -2.45. The SMILES string of the molecule is CC(C)OCCN1CCC(NC(=O)c2ccc(F)cc2O)CC1. The number of hydrogen-bond acceptors (Lipinski definition) is 4.